The molecule has 0 aromatic carbocycles. The number of carbonyl (C=O) groups excluding carboxylic acids is 1. The molecule has 2 aromatic heterocycles. The summed E-state index contributed by atoms with van der Waals surface area (Å²) < 4.78 is 0. The number of aromatic carboxylic acids is 1. The lowest BCUT2D eigenvalue weighted by Gasteiger charge is -2.03. The molecule has 5 nitrogen and oxygen atoms in total. The van der Waals surface area contributed by atoms with Gasteiger partial charge in [0.2, 0.25) is 0 Å². The highest BCUT2D eigenvalue weighted by atomic mass is 32.1. The average molecular weight is 276 g/mol. The van der Waals surface area contributed by atoms with Gasteiger partial charge in [0.05, 0.1) is 4.88 Å². The summed E-state index contributed by atoms with van der Waals surface area (Å²) in [5.74, 6) is -1.20. The topological polar surface area (TPSA) is 79.3 Å². The highest BCUT2D eigenvalue weighted by Crippen LogP contribution is 2.14. The fraction of sp³-hybridized carbons (Fsp3) is 0.154. The van der Waals surface area contributed by atoms with Crippen LogP contribution in [0.2, 0.25) is 0 Å². The van der Waals surface area contributed by atoms with E-state index in [1.807, 2.05) is 13.0 Å². The normalized spacial score (nSPS) is 10.2. The van der Waals surface area contributed by atoms with Crippen molar-refractivity contribution in [3.63, 3.8) is 0 Å². The summed E-state index contributed by atoms with van der Waals surface area (Å²) in [4.78, 5) is 28.0. The van der Waals surface area contributed by atoms with E-state index in [2.05, 4.69) is 10.3 Å². The Kier molecular flexibility index (Phi) is 3.91. The molecule has 0 bridgehead atoms. The lowest BCUT2D eigenvalue weighted by molar-refractivity contribution is 0.0690. The van der Waals surface area contributed by atoms with Crippen molar-refractivity contribution < 1.29 is 14.7 Å². The third-order valence-electron chi connectivity index (χ3n) is 2.46. The zero-order chi connectivity index (χ0) is 13.8. The number of carbonyl (C=O) groups is 2. The van der Waals surface area contributed by atoms with Gasteiger partial charge in [-0.05, 0) is 30.7 Å². The summed E-state index contributed by atoms with van der Waals surface area (Å²) in [6.45, 7) is 2.26. The number of rotatable bonds is 4. The summed E-state index contributed by atoms with van der Waals surface area (Å²) in [6, 6.07) is 6.72. The van der Waals surface area contributed by atoms with Crippen LogP contribution in [-0.2, 0) is 6.54 Å². The Balaban J connectivity index is 1.95. The Hall–Kier alpha value is -2.21. The molecule has 0 aliphatic carbocycles. The first kappa shape index (κ1) is 13.2. The number of carboxylic acids is 1. The SMILES string of the molecule is Cc1ccc(C(=O)NCc2ccc(C(=O)O)nc2)s1. The Morgan fingerprint density at radius 1 is 1.32 bits per heavy atom. The number of amides is 1. The Morgan fingerprint density at radius 2 is 2.11 bits per heavy atom. The largest absolute Gasteiger partial charge is 0.477 e. The van der Waals surface area contributed by atoms with E-state index in [0.717, 1.165) is 10.4 Å². The van der Waals surface area contributed by atoms with Crippen LogP contribution in [0.25, 0.3) is 0 Å². The first-order valence-corrected chi connectivity index (χ1v) is 6.41. The summed E-state index contributed by atoms with van der Waals surface area (Å²) in [6.07, 6.45) is 1.45. The molecule has 0 fully saturated rings. The molecule has 0 unspecified atom stereocenters. The first-order valence-electron chi connectivity index (χ1n) is 5.59. The summed E-state index contributed by atoms with van der Waals surface area (Å²) in [7, 11) is 0. The van der Waals surface area contributed by atoms with Crippen molar-refractivity contribution in [2.75, 3.05) is 0 Å². The van der Waals surface area contributed by atoms with E-state index < -0.39 is 5.97 Å². The van der Waals surface area contributed by atoms with Crippen LogP contribution < -0.4 is 5.32 Å². The number of nitrogens with zero attached hydrogens (tertiary/aromatic N) is 1. The van der Waals surface area contributed by atoms with Crippen molar-refractivity contribution in [3.05, 3.63) is 51.5 Å². The molecule has 19 heavy (non-hydrogen) atoms. The molecule has 0 saturated heterocycles. The maximum atomic E-state index is 11.8. The average Bonchev–Trinajstić information content (AvgIpc) is 2.83. The molecule has 1 amide bonds. The van der Waals surface area contributed by atoms with Crippen LogP contribution in [0.15, 0.2) is 30.5 Å². The fourth-order valence-corrected chi connectivity index (χ4v) is 2.27. The molecule has 0 radical (unpaired) electrons. The Bertz CT molecular complexity index is 605. The zero-order valence-corrected chi connectivity index (χ0v) is 11.0. The second kappa shape index (κ2) is 5.62. The molecule has 6 heteroatoms. The minimum absolute atomic E-state index is 0.0102. The number of hydrogen-bond acceptors (Lipinski definition) is 4. The smallest absolute Gasteiger partial charge is 0.354 e. The molecule has 0 atom stereocenters. The van der Waals surface area contributed by atoms with Crippen molar-refractivity contribution in [2.24, 2.45) is 0 Å². The predicted molar refractivity (Wildman–Crippen MR) is 71.4 cm³/mol. The standard InChI is InChI=1S/C13H12N2O3S/c1-8-2-5-11(19-8)12(16)15-7-9-3-4-10(13(17)18)14-6-9/h2-6H,7H2,1H3,(H,15,16)(H,17,18). The highest BCUT2D eigenvalue weighted by Gasteiger charge is 2.08. The van der Waals surface area contributed by atoms with E-state index in [1.54, 1.807) is 12.1 Å². The van der Waals surface area contributed by atoms with Gasteiger partial charge in [-0.2, -0.15) is 0 Å². The van der Waals surface area contributed by atoms with Crippen molar-refractivity contribution in [2.45, 2.75) is 13.5 Å². The quantitative estimate of drug-likeness (QED) is 0.896. The van der Waals surface area contributed by atoms with Gasteiger partial charge < -0.3 is 10.4 Å². The first-order chi connectivity index (χ1) is 9.06. The molecule has 98 valence electrons. The van der Waals surface area contributed by atoms with Gasteiger partial charge in [0, 0.05) is 17.6 Å². The number of aryl methyl sites for hydroxylation is 1. The van der Waals surface area contributed by atoms with E-state index in [4.69, 9.17) is 5.11 Å². The molecule has 2 aromatic rings. The molecular formula is C13H12N2O3S. The van der Waals surface area contributed by atoms with E-state index >= 15 is 0 Å². The zero-order valence-electron chi connectivity index (χ0n) is 10.2. The van der Waals surface area contributed by atoms with E-state index in [-0.39, 0.29) is 11.6 Å². The Morgan fingerprint density at radius 3 is 2.63 bits per heavy atom. The molecule has 0 saturated carbocycles. The number of aromatic nitrogens is 1. The molecule has 0 aliphatic heterocycles. The number of hydrogen-bond donors (Lipinski definition) is 2. The lowest BCUT2D eigenvalue weighted by Crippen LogP contribution is -2.21. The van der Waals surface area contributed by atoms with Crippen LogP contribution in [0.3, 0.4) is 0 Å². The van der Waals surface area contributed by atoms with Gasteiger partial charge in [0.1, 0.15) is 5.69 Å². The van der Waals surface area contributed by atoms with Crippen LogP contribution in [0.4, 0.5) is 0 Å². The summed E-state index contributed by atoms with van der Waals surface area (Å²) in [5.41, 5.74) is 0.746. The van der Waals surface area contributed by atoms with Crippen LogP contribution in [0, 0.1) is 6.92 Å². The van der Waals surface area contributed by atoms with Crippen molar-refractivity contribution in [3.8, 4) is 0 Å². The number of thiophene rings is 1. The van der Waals surface area contributed by atoms with Gasteiger partial charge >= 0.3 is 5.97 Å². The van der Waals surface area contributed by atoms with E-state index in [1.165, 1.54) is 23.6 Å². The fourth-order valence-electron chi connectivity index (χ4n) is 1.48. The van der Waals surface area contributed by atoms with Gasteiger partial charge in [0.25, 0.3) is 5.91 Å². The van der Waals surface area contributed by atoms with Crippen LogP contribution >= 0.6 is 11.3 Å². The Labute approximate surface area is 113 Å². The molecule has 0 spiro atoms. The van der Waals surface area contributed by atoms with Crippen molar-refractivity contribution in [1.82, 2.24) is 10.3 Å². The minimum atomic E-state index is -1.07. The monoisotopic (exact) mass is 276 g/mol. The van der Waals surface area contributed by atoms with Gasteiger partial charge in [0.15, 0.2) is 0 Å². The second-order valence-electron chi connectivity index (χ2n) is 3.95. The van der Waals surface area contributed by atoms with E-state index in [0.29, 0.717) is 11.4 Å². The summed E-state index contributed by atoms with van der Waals surface area (Å²) in [5, 5.41) is 11.5. The molecular weight excluding hydrogens is 264 g/mol. The number of carboxylic acid groups (broad SMARTS) is 1. The highest BCUT2D eigenvalue weighted by molar-refractivity contribution is 7.13. The minimum Gasteiger partial charge on any atom is -0.477 e. The third-order valence-corrected chi connectivity index (χ3v) is 3.46. The number of nitrogens with one attached hydrogen (secondary N) is 1. The van der Waals surface area contributed by atoms with E-state index in [9.17, 15) is 9.59 Å². The molecule has 0 aliphatic rings. The van der Waals surface area contributed by atoms with Crippen LogP contribution in [0.1, 0.15) is 30.6 Å². The van der Waals surface area contributed by atoms with Crippen molar-refractivity contribution >= 4 is 23.2 Å². The predicted octanol–water partition coefficient (Wildman–Crippen LogP) is 2.08. The van der Waals surface area contributed by atoms with Gasteiger partial charge in [-0.1, -0.05) is 6.07 Å². The maximum absolute atomic E-state index is 11.8. The molecule has 2 N–H and O–H groups in total. The second-order valence-corrected chi connectivity index (χ2v) is 5.24. The third kappa shape index (κ3) is 3.38. The molecule has 2 rings (SSSR count). The van der Waals surface area contributed by atoms with Crippen molar-refractivity contribution in [1.29, 1.82) is 0 Å². The van der Waals surface area contributed by atoms with Gasteiger partial charge in [-0.15, -0.1) is 11.3 Å². The summed E-state index contributed by atoms with van der Waals surface area (Å²) >= 11 is 1.43. The maximum Gasteiger partial charge on any atom is 0.354 e. The van der Waals surface area contributed by atoms with Crippen LogP contribution in [-0.4, -0.2) is 22.0 Å². The lowest BCUT2D eigenvalue weighted by atomic mass is 10.2. The molecule has 2 heterocycles. The van der Waals surface area contributed by atoms with Gasteiger partial charge in [-0.25, -0.2) is 9.78 Å². The van der Waals surface area contributed by atoms with Gasteiger partial charge in [-0.3, -0.25) is 4.79 Å². The number of pyridine rings is 1. The van der Waals surface area contributed by atoms with Crippen LogP contribution in [0.5, 0.6) is 0 Å².